The first-order valence-corrected chi connectivity index (χ1v) is 2.53. The third kappa shape index (κ3) is 6.96. The van der Waals surface area contributed by atoms with Crippen molar-refractivity contribution >= 4 is 5.97 Å². The minimum absolute atomic E-state index is 0. The molecule has 50 valence electrons. The molecule has 1 unspecified atom stereocenters. The number of carbonyl (C=O) groups is 1. The van der Waals surface area contributed by atoms with Crippen LogP contribution in [0.5, 0.6) is 0 Å². The predicted octanol–water partition coefficient (Wildman–Crippen LogP) is -2.95. The number of esters is 1. The Labute approximate surface area is 98.7 Å². The Morgan fingerprint density at radius 1 is 1.89 bits per heavy atom. The van der Waals surface area contributed by atoms with E-state index in [4.69, 9.17) is 5.11 Å². The van der Waals surface area contributed by atoms with Gasteiger partial charge < -0.3 is 11.3 Å². The normalized spacial score (nSPS) is 11.4. The van der Waals surface area contributed by atoms with Crippen LogP contribution in [0.3, 0.4) is 0 Å². The Kier molecular flexibility index (Phi) is 10.1. The molecule has 9 heavy (non-hydrogen) atoms. The third-order valence-corrected chi connectivity index (χ3v) is 0.628. The Morgan fingerprint density at radius 3 is 2.44 bits per heavy atom. The van der Waals surface area contributed by atoms with Gasteiger partial charge in [-0.3, -0.25) is 0 Å². The van der Waals surface area contributed by atoms with E-state index in [1.54, 1.807) is 6.92 Å². The molecule has 0 heterocycles. The summed E-state index contributed by atoms with van der Waals surface area (Å²) in [6, 6.07) is 0. The maximum absolute atomic E-state index is 10.3. The molecule has 1 atom stereocenters. The summed E-state index contributed by atoms with van der Waals surface area (Å²) in [5.74, 6) is -0.562. The molecule has 0 saturated heterocycles. The van der Waals surface area contributed by atoms with Gasteiger partial charge in [-0.05, 0) is 13.8 Å². The Balaban J connectivity index is -0.000000245. The van der Waals surface area contributed by atoms with Crippen LogP contribution in [0.4, 0.5) is 0 Å². The van der Waals surface area contributed by atoms with Crippen molar-refractivity contribution in [3.63, 3.8) is 0 Å². The van der Waals surface area contributed by atoms with E-state index in [0.29, 0.717) is 6.61 Å². The molecule has 0 aromatic carbocycles. The number of rotatable bonds is 2. The van der Waals surface area contributed by atoms with Crippen LogP contribution in [0.2, 0.25) is 0 Å². The van der Waals surface area contributed by atoms with Gasteiger partial charge in [0.05, 0.1) is 6.61 Å². The van der Waals surface area contributed by atoms with Gasteiger partial charge in [-0.25, -0.2) is 4.79 Å². The fraction of sp³-hybridized carbons (Fsp3) is 0.800. The van der Waals surface area contributed by atoms with E-state index in [1.165, 1.54) is 6.92 Å². The van der Waals surface area contributed by atoms with Crippen molar-refractivity contribution in [1.29, 1.82) is 0 Å². The van der Waals surface area contributed by atoms with Crippen molar-refractivity contribution in [2.24, 2.45) is 0 Å². The number of hydrogen-bond acceptors (Lipinski definition) is 3. The molecule has 0 saturated carbocycles. The fourth-order valence-electron chi connectivity index (χ4n) is 0.263. The van der Waals surface area contributed by atoms with Crippen molar-refractivity contribution in [3.05, 3.63) is 0 Å². The standard InChI is InChI=1S/C5H10O3.K.H/c1-3-8-5(7)4(2)6;;/h4,6H,3H2,1-2H3;;/q;+1;-1. The molecule has 0 amide bonds. The number of hydrogen-bond donors (Lipinski definition) is 1. The van der Waals surface area contributed by atoms with Gasteiger partial charge in [0.25, 0.3) is 0 Å². The molecule has 0 aromatic rings. The van der Waals surface area contributed by atoms with Crippen LogP contribution in [-0.4, -0.2) is 23.8 Å². The topological polar surface area (TPSA) is 46.5 Å². The van der Waals surface area contributed by atoms with Gasteiger partial charge in [-0.1, -0.05) is 0 Å². The summed E-state index contributed by atoms with van der Waals surface area (Å²) < 4.78 is 4.41. The maximum atomic E-state index is 10.3. The minimum Gasteiger partial charge on any atom is -1.00 e. The number of aliphatic hydroxyl groups excluding tert-OH is 1. The minimum atomic E-state index is -0.991. The van der Waals surface area contributed by atoms with E-state index in [-0.39, 0.29) is 52.8 Å². The molecule has 4 heteroatoms. The SMILES string of the molecule is CCOC(=O)C(C)O.[H-].[K+]. The number of carbonyl (C=O) groups excluding carboxylic acids is 1. The molecule has 0 spiro atoms. The summed E-state index contributed by atoms with van der Waals surface area (Å²) in [7, 11) is 0. The summed E-state index contributed by atoms with van der Waals surface area (Å²) in [6.07, 6.45) is -0.991. The van der Waals surface area contributed by atoms with Crippen molar-refractivity contribution in [2.75, 3.05) is 6.61 Å². The molecule has 1 N–H and O–H groups in total. The van der Waals surface area contributed by atoms with Crippen LogP contribution in [0, 0.1) is 0 Å². The third-order valence-electron chi connectivity index (χ3n) is 0.628. The van der Waals surface area contributed by atoms with E-state index in [2.05, 4.69) is 4.74 Å². The van der Waals surface area contributed by atoms with Crippen LogP contribution in [-0.2, 0) is 9.53 Å². The Morgan fingerprint density at radius 2 is 2.33 bits per heavy atom. The maximum Gasteiger partial charge on any atom is 1.00 e. The van der Waals surface area contributed by atoms with Crippen LogP contribution in [0.1, 0.15) is 15.3 Å². The van der Waals surface area contributed by atoms with E-state index in [0.717, 1.165) is 0 Å². The van der Waals surface area contributed by atoms with Gasteiger partial charge in [-0.2, -0.15) is 0 Å². The predicted molar refractivity (Wildman–Crippen MR) is 29.4 cm³/mol. The van der Waals surface area contributed by atoms with E-state index in [1.807, 2.05) is 0 Å². The first-order chi connectivity index (χ1) is 3.68. The fourth-order valence-corrected chi connectivity index (χ4v) is 0.263. The molecule has 0 rings (SSSR count). The molecule has 0 aliphatic heterocycles. The summed E-state index contributed by atoms with van der Waals surface area (Å²) in [5.41, 5.74) is 0. The van der Waals surface area contributed by atoms with Gasteiger partial charge in [0.15, 0.2) is 0 Å². The van der Waals surface area contributed by atoms with E-state index in [9.17, 15) is 4.79 Å². The van der Waals surface area contributed by atoms with Crippen LogP contribution in [0.25, 0.3) is 0 Å². The average Bonchev–Trinajstić information content (AvgIpc) is 1.67. The summed E-state index contributed by atoms with van der Waals surface area (Å²) in [6.45, 7) is 3.39. The molecular weight excluding hydrogens is 147 g/mol. The summed E-state index contributed by atoms with van der Waals surface area (Å²) >= 11 is 0. The molecule has 0 aromatic heterocycles. The van der Waals surface area contributed by atoms with Crippen molar-refractivity contribution in [1.82, 2.24) is 0 Å². The van der Waals surface area contributed by atoms with Gasteiger partial charge in [0, 0.05) is 0 Å². The first kappa shape index (κ1) is 12.7. The molecule has 0 radical (unpaired) electrons. The van der Waals surface area contributed by atoms with Gasteiger partial charge in [-0.15, -0.1) is 0 Å². The molecule has 0 bridgehead atoms. The van der Waals surface area contributed by atoms with Crippen molar-refractivity contribution in [3.8, 4) is 0 Å². The largest absolute Gasteiger partial charge is 1.00 e. The second-order valence-electron chi connectivity index (χ2n) is 1.43. The Bertz CT molecular complexity index is 87.0. The first-order valence-electron chi connectivity index (χ1n) is 2.53. The van der Waals surface area contributed by atoms with Crippen molar-refractivity contribution in [2.45, 2.75) is 20.0 Å². The van der Waals surface area contributed by atoms with Gasteiger partial charge in [0.2, 0.25) is 0 Å². The van der Waals surface area contributed by atoms with E-state index >= 15 is 0 Å². The zero-order valence-electron chi connectivity index (χ0n) is 7.05. The monoisotopic (exact) mass is 158 g/mol. The average molecular weight is 158 g/mol. The molecular formula is C5H11KO3. The van der Waals surface area contributed by atoms with Crippen LogP contribution >= 0.6 is 0 Å². The number of aliphatic hydroxyl groups is 1. The molecule has 0 aliphatic rings. The summed E-state index contributed by atoms with van der Waals surface area (Å²) in [5, 5.41) is 8.48. The van der Waals surface area contributed by atoms with Crippen LogP contribution < -0.4 is 51.4 Å². The zero-order valence-corrected chi connectivity index (χ0v) is 9.17. The Hall–Kier alpha value is 1.07. The number of ether oxygens (including phenoxy) is 1. The van der Waals surface area contributed by atoms with E-state index < -0.39 is 12.1 Å². The smallest absolute Gasteiger partial charge is 1.00 e. The second kappa shape index (κ2) is 7.18. The summed E-state index contributed by atoms with van der Waals surface area (Å²) in [4.78, 5) is 10.3. The quantitative estimate of drug-likeness (QED) is 0.345. The van der Waals surface area contributed by atoms with Gasteiger partial charge >= 0.3 is 57.4 Å². The van der Waals surface area contributed by atoms with Gasteiger partial charge in [0.1, 0.15) is 6.10 Å². The van der Waals surface area contributed by atoms with Crippen LogP contribution in [0.15, 0.2) is 0 Å². The van der Waals surface area contributed by atoms with Crippen molar-refractivity contribution < 1.29 is 67.4 Å². The zero-order chi connectivity index (χ0) is 6.57. The molecule has 0 aliphatic carbocycles. The second-order valence-corrected chi connectivity index (χ2v) is 1.43. The molecule has 0 fully saturated rings. The molecule has 3 nitrogen and oxygen atoms in total.